The van der Waals surface area contributed by atoms with Crippen LogP contribution in [0.15, 0.2) is 0 Å². The smallest absolute Gasteiger partial charge is 0.347 e. The van der Waals surface area contributed by atoms with Crippen LogP contribution >= 0.6 is 11.3 Å². The highest BCUT2D eigenvalue weighted by Gasteiger charge is 2.31. The fraction of sp³-hybridized carbons (Fsp3) is 0.444. The molecule has 0 spiro atoms. The van der Waals surface area contributed by atoms with Gasteiger partial charge in [-0.05, 0) is 6.92 Å². The lowest BCUT2D eigenvalue weighted by atomic mass is 10.3. The summed E-state index contributed by atoms with van der Waals surface area (Å²) in [7, 11) is 0. The first-order valence-electron chi connectivity index (χ1n) is 4.75. The predicted octanol–water partition coefficient (Wildman–Crippen LogP) is 0.214. The summed E-state index contributed by atoms with van der Waals surface area (Å²) in [6.45, 7) is 2.02. The first kappa shape index (κ1) is 11.0. The minimum absolute atomic E-state index is 0.0989. The van der Waals surface area contributed by atoms with Crippen molar-refractivity contribution >= 4 is 28.3 Å². The molecule has 1 aliphatic rings. The van der Waals surface area contributed by atoms with E-state index >= 15 is 0 Å². The van der Waals surface area contributed by atoms with Gasteiger partial charge in [0.05, 0.1) is 5.69 Å². The number of rotatable bonds is 2. The lowest BCUT2D eigenvalue weighted by Gasteiger charge is -2.10. The molecule has 1 aromatic heterocycles. The zero-order valence-corrected chi connectivity index (χ0v) is 9.45. The zero-order chi connectivity index (χ0) is 11.9. The Labute approximate surface area is 95.7 Å². The third-order valence-electron chi connectivity index (χ3n) is 2.37. The summed E-state index contributed by atoms with van der Waals surface area (Å²) in [5.41, 5.74) is 6.09. The Kier molecular flexibility index (Phi) is 2.64. The number of carbonyl (C=O) groups excluding carboxylic acids is 1. The molecule has 86 valence electrons. The summed E-state index contributed by atoms with van der Waals surface area (Å²) >= 11 is 1.01. The Bertz CT molecular complexity index is 457. The molecule has 1 unspecified atom stereocenters. The van der Waals surface area contributed by atoms with Gasteiger partial charge in [-0.1, -0.05) is 11.3 Å². The van der Waals surface area contributed by atoms with E-state index in [-0.39, 0.29) is 16.8 Å². The summed E-state index contributed by atoms with van der Waals surface area (Å²) in [5, 5.41) is 9.31. The summed E-state index contributed by atoms with van der Waals surface area (Å²) in [4.78, 5) is 28.1. The summed E-state index contributed by atoms with van der Waals surface area (Å²) in [5.74, 6) is -1.12. The van der Waals surface area contributed by atoms with Gasteiger partial charge in [-0.2, -0.15) is 0 Å². The second kappa shape index (κ2) is 3.84. The second-order valence-electron chi connectivity index (χ2n) is 3.68. The predicted molar refractivity (Wildman–Crippen MR) is 58.8 cm³/mol. The average Bonchev–Trinajstić information content (AvgIpc) is 2.69. The van der Waals surface area contributed by atoms with Gasteiger partial charge in [0.2, 0.25) is 5.91 Å². The minimum Gasteiger partial charge on any atom is -0.477 e. The van der Waals surface area contributed by atoms with Crippen molar-refractivity contribution in [3.63, 3.8) is 0 Å². The molecule has 1 amide bonds. The molecule has 0 radical (unpaired) electrons. The Morgan fingerprint density at radius 1 is 1.69 bits per heavy atom. The fourth-order valence-electron chi connectivity index (χ4n) is 1.62. The van der Waals surface area contributed by atoms with Crippen LogP contribution in [0.4, 0.5) is 5.13 Å². The van der Waals surface area contributed by atoms with E-state index in [9.17, 15) is 9.59 Å². The topological polar surface area (TPSA) is 96.5 Å². The number of aromatic carboxylic acids is 1. The molecular weight excluding hydrogens is 230 g/mol. The molecule has 0 aliphatic carbocycles. The average molecular weight is 241 g/mol. The van der Waals surface area contributed by atoms with Gasteiger partial charge >= 0.3 is 5.97 Å². The highest BCUT2D eigenvalue weighted by atomic mass is 32.1. The van der Waals surface area contributed by atoms with Gasteiger partial charge in [-0.25, -0.2) is 9.78 Å². The Hall–Kier alpha value is -1.47. The van der Waals surface area contributed by atoms with Crippen molar-refractivity contribution in [3.8, 4) is 0 Å². The van der Waals surface area contributed by atoms with E-state index < -0.39 is 5.97 Å². The van der Waals surface area contributed by atoms with Crippen LogP contribution in [0, 0.1) is 6.92 Å². The summed E-state index contributed by atoms with van der Waals surface area (Å²) < 4.78 is 0. The van der Waals surface area contributed by atoms with Gasteiger partial charge in [-0.3, -0.25) is 9.69 Å². The van der Waals surface area contributed by atoms with Gasteiger partial charge in [0.1, 0.15) is 4.88 Å². The molecule has 1 atom stereocenters. The molecule has 2 rings (SSSR count). The summed E-state index contributed by atoms with van der Waals surface area (Å²) in [6.07, 6.45) is 0.293. The second-order valence-corrected chi connectivity index (χ2v) is 4.66. The van der Waals surface area contributed by atoms with Gasteiger partial charge in [0.25, 0.3) is 0 Å². The van der Waals surface area contributed by atoms with Crippen LogP contribution in [0.5, 0.6) is 0 Å². The van der Waals surface area contributed by atoms with E-state index in [0.29, 0.717) is 23.8 Å². The van der Waals surface area contributed by atoms with Crippen LogP contribution < -0.4 is 10.6 Å². The number of carboxylic acids is 1. The molecule has 1 fully saturated rings. The molecule has 1 aromatic rings. The Balaban J connectivity index is 2.31. The number of nitrogens with two attached hydrogens (primary N) is 1. The number of nitrogens with zero attached hydrogens (tertiary/aromatic N) is 2. The van der Waals surface area contributed by atoms with Crippen molar-refractivity contribution < 1.29 is 14.7 Å². The maximum absolute atomic E-state index is 11.5. The highest BCUT2D eigenvalue weighted by Crippen LogP contribution is 2.28. The fourth-order valence-corrected chi connectivity index (χ4v) is 2.55. The molecule has 1 saturated heterocycles. The molecule has 0 aromatic carbocycles. The van der Waals surface area contributed by atoms with E-state index in [1.54, 1.807) is 6.92 Å². The van der Waals surface area contributed by atoms with E-state index in [1.165, 1.54) is 4.90 Å². The number of hydrogen-bond donors (Lipinski definition) is 2. The number of thiazole rings is 1. The standard InChI is InChI=1S/C9H11N3O3S/c1-4-7(8(14)15)16-9(11-4)12-3-5(10)2-6(12)13/h5H,2-3,10H2,1H3,(H,14,15). The van der Waals surface area contributed by atoms with Crippen LogP contribution in [-0.2, 0) is 4.79 Å². The quantitative estimate of drug-likeness (QED) is 0.771. The molecule has 0 bridgehead atoms. The van der Waals surface area contributed by atoms with Crippen molar-refractivity contribution in [2.24, 2.45) is 5.73 Å². The van der Waals surface area contributed by atoms with E-state index in [2.05, 4.69) is 4.98 Å². The van der Waals surface area contributed by atoms with E-state index in [4.69, 9.17) is 10.8 Å². The molecule has 0 saturated carbocycles. The van der Waals surface area contributed by atoms with Gasteiger partial charge in [-0.15, -0.1) is 0 Å². The molecule has 3 N–H and O–H groups in total. The van der Waals surface area contributed by atoms with Gasteiger partial charge < -0.3 is 10.8 Å². The number of hydrogen-bond acceptors (Lipinski definition) is 5. The SMILES string of the molecule is Cc1nc(N2CC(N)CC2=O)sc1C(=O)O. The van der Waals surface area contributed by atoms with Gasteiger partial charge in [0.15, 0.2) is 5.13 Å². The van der Waals surface area contributed by atoms with Crippen LogP contribution in [0.2, 0.25) is 0 Å². The number of amides is 1. The number of anilines is 1. The normalized spacial score (nSPS) is 20.5. The number of carbonyl (C=O) groups is 2. The van der Waals surface area contributed by atoms with E-state index in [0.717, 1.165) is 11.3 Å². The van der Waals surface area contributed by atoms with Crippen molar-refractivity contribution in [2.45, 2.75) is 19.4 Å². The Morgan fingerprint density at radius 3 is 2.81 bits per heavy atom. The Morgan fingerprint density at radius 2 is 2.38 bits per heavy atom. The first-order chi connectivity index (χ1) is 7.49. The number of aryl methyl sites for hydroxylation is 1. The minimum atomic E-state index is -1.02. The van der Waals surface area contributed by atoms with Gasteiger partial charge in [0, 0.05) is 19.0 Å². The lowest BCUT2D eigenvalue weighted by Crippen LogP contribution is -2.27. The molecule has 2 heterocycles. The van der Waals surface area contributed by atoms with Crippen molar-refractivity contribution in [1.29, 1.82) is 0 Å². The van der Waals surface area contributed by atoms with Crippen molar-refractivity contribution in [2.75, 3.05) is 11.4 Å². The lowest BCUT2D eigenvalue weighted by molar-refractivity contribution is -0.117. The molecule has 7 heteroatoms. The van der Waals surface area contributed by atoms with Crippen LogP contribution in [0.3, 0.4) is 0 Å². The van der Waals surface area contributed by atoms with Crippen molar-refractivity contribution in [3.05, 3.63) is 10.6 Å². The molecule has 6 nitrogen and oxygen atoms in total. The third kappa shape index (κ3) is 1.79. The van der Waals surface area contributed by atoms with Crippen LogP contribution in [0.25, 0.3) is 0 Å². The maximum atomic E-state index is 11.5. The highest BCUT2D eigenvalue weighted by molar-refractivity contribution is 7.17. The van der Waals surface area contributed by atoms with Crippen molar-refractivity contribution in [1.82, 2.24) is 4.98 Å². The largest absolute Gasteiger partial charge is 0.477 e. The summed E-state index contributed by atoms with van der Waals surface area (Å²) in [6, 6.07) is -0.190. The first-order valence-corrected chi connectivity index (χ1v) is 5.57. The van der Waals surface area contributed by atoms with Crippen LogP contribution in [0.1, 0.15) is 21.8 Å². The molecule has 16 heavy (non-hydrogen) atoms. The van der Waals surface area contributed by atoms with E-state index in [1.807, 2.05) is 0 Å². The molecular formula is C9H11N3O3S. The zero-order valence-electron chi connectivity index (χ0n) is 8.64. The number of carboxylic acid groups (broad SMARTS) is 1. The molecule has 1 aliphatic heterocycles. The monoisotopic (exact) mass is 241 g/mol. The third-order valence-corrected chi connectivity index (χ3v) is 3.53. The maximum Gasteiger partial charge on any atom is 0.347 e. The van der Waals surface area contributed by atoms with Crippen LogP contribution in [-0.4, -0.2) is 34.6 Å². The number of aromatic nitrogens is 1.